The highest BCUT2D eigenvalue weighted by molar-refractivity contribution is 9.10. The Kier molecular flexibility index (Phi) is 2.96. The van der Waals surface area contributed by atoms with Crippen molar-refractivity contribution in [2.75, 3.05) is 0 Å². The average molecular weight is 238 g/mol. The van der Waals surface area contributed by atoms with Gasteiger partial charge in [0.2, 0.25) is 0 Å². The molecule has 0 aliphatic rings. The highest BCUT2D eigenvalue weighted by atomic mass is 79.9. The summed E-state index contributed by atoms with van der Waals surface area (Å²) in [7, 11) is 0. The first-order valence-corrected chi connectivity index (χ1v) is 4.72. The van der Waals surface area contributed by atoms with E-state index in [-0.39, 0.29) is 0 Å². The standard InChI is InChI=1S/C7H10BrClN2/c1-3-4-11-7(9)6(8)5(2)10-11/h3-4H2,1-2H3. The molecule has 0 unspecified atom stereocenters. The van der Waals surface area contributed by atoms with E-state index in [0.717, 1.165) is 23.1 Å². The van der Waals surface area contributed by atoms with Gasteiger partial charge < -0.3 is 0 Å². The van der Waals surface area contributed by atoms with Crippen molar-refractivity contribution in [3.8, 4) is 0 Å². The second-order valence-corrected chi connectivity index (χ2v) is 3.56. The summed E-state index contributed by atoms with van der Waals surface area (Å²) >= 11 is 9.30. The summed E-state index contributed by atoms with van der Waals surface area (Å²) in [6.45, 7) is 4.91. The van der Waals surface area contributed by atoms with E-state index in [1.807, 2.05) is 6.92 Å². The molecule has 0 fully saturated rings. The smallest absolute Gasteiger partial charge is 0.141 e. The molecule has 0 aromatic carbocycles. The zero-order valence-electron chi connectivity index (χ0n) is 6.56. The van der Waals surface area contributed by atoms with Crippen LogP contribution < -0.4 is 0 Å². The van der Waals surface area contributed by atoms with Crippen molar-refractivity contribution >= 4 is 27.5 Å². The lowest BCUT2D eigenvalue weighted by Crippen LogP contribution is -1.98. The minimum absolute atomic E-state index is 0.698. The molecule has 0 saturated carbocycles. The Morgan fingerprint density at radius 1 is 1.64 bits per heavy atom. The van der Waals surface area contributed by atoms with Crippen molar-refractivity contribution in [1.82, 2.24) is 9.78 Å². The summed E-state index contributed by atoms with van der Waals surface area (Å²) in [5.74, 6) is 0. The van der Waals surface area contributed by atoms with Crippen molar-refractivity contribution in [3.05, 3.63) is 15.3 Å². The van der Waals surface area contributed by atoms with Gasteiger partial charge in [-0.2, -0.15) is 5.10 Å². The minimum Gasteiger partial charge on any atom is -0.253 e. The fourth-order valence-corrected chi connectivity index (χ4v) is 1.43. The number of hydrogen-bond donors (Lipinski definition) is 0. The lowest BCUT2D eigenvalue weighted by atomic mass is 10.5. The number of rotatable bonds is 2. The van der Waals surface area contributed by atoms with Gasteiger partial charge in [-0.15, -0.1) is 0 Å². The first-order chi connectivity index (χ1) is 5.16. The third-order valence-electron chi connectivity index (χ3n) is 1.43. The molecule has 0 atom stereocenters. The molecule has 1 heterocycles. The molecule has 62 valence electrons. The molecule has 0 bridgehead atoms. The molecule has 1 aromatic rings. The Hall–Kier alpha value is -0.0200. The maximum Gasteiger partial charge on any atom is 0.141 e. The highest BCUT2D eigenvalue weighted by Gasteiger charge is 2.08. The van der Waals surface area contributed by atoms with Crippen molar-refractivity contribution in [2.24, 2.45) is 0 Å². The van der Waals surface area contributed by atoms with Gasteiger partial charge in [0, 0.05) is 6.54 Å². The lowest BCUT2D eigenvalue weighted by molar-refractivity contribution is 0.599. The van der Waals surface area contributed by atoms with Crippen LogP contribution in [0.1, 0.15) is 19.0 Å². The van der Waals surface area contributed by atoms with E-state index in [1.54, 1.807) is 4.68 Å². The molecule has 2 nitrogen and oxygen atoms in total. The van der Waals surface area contributed by atoms with Gasteiger partial charge in [-0.3, -0.25) is 4.68 Å². The van der Waals surface area contributed by atoms with Crippen LogP contribution in [-0.2, 0) is 6.54 Å². The number of aryl methyl sites for hydroxylation is 2. The zero-order valence-corrected chi connectivity index (χ0v) is 8.91. The van der Waals surface area contributed by atoms with Gasteiger partial charge in [0.05, 0.1) is 10.2 Å². The molecule has 11 heavy (non-hydrogen) atoms. The van der Waals surface area contributed by atoms with Gasteiger partial charge in [0.1, 0.15) is 5.15 Å². The Morgan fingerprint density at radius 3 is 2.64 bits per heavy atom. The molecule has 1 aromatic heterocycles. The first-order valence-electron chi connectivity index (χ1n) is 3.55. The van der Waals surface area contributed by atoms with Crippen molar-refractivity contribution in [2.45, 2.75) is 26.8 Å². The molecular formula is C7H10BrClN2. The highest BCUT2D eigenvalue weighted by Crippen LogP contribution is 2.25. The summed E-state index contributed by atoms with van der Waals surface area (Å²) in [6.07, 6.45) is 1.05. The fourth-order valence-electron chi connectivity index (χ4n) is 0.891. The normalized spacial score (nSPS) is 10.5. The van der Waals surface area contributed by atoms with E-state index in [1.165, 1.54) is 0 Å². The second kappa shape index (κ2) is 3.59. The summed E-state index contributed by atoms with van der Waals surface area (Å²) in [6, 6.07) is 0. The third kappa shape index (κ3) is 1.76. The van der Waals surface area contributed by atoms with Crippen molar-refractivity contribution in [3.63, 3.8) is 0 Å². The number of hydrogen-bond acceptors (Lipinski definition) is 1. The molecule has 0 aliphatic carbocycles. The average Bonchev–Trinajstić information content (AvgIpc) is 2.19. The van der Waals surface area contributed by atoms with E-state index in [2.05, 4.69) is 28.0 Å². The van der Waals surface area contributed by atoms with Crippen LogP contribution in [0.4, 0.5) is 0 Å². The molecule has 0 saturated heterocycles. The Labute approximate surface area is 79.7 Å². The SMILES string of the molecule is CCCn1nc(C)c(Br)c1Cl. The summed E-state index contributed by atoms with van der Waals surface area (Å²) in [4.78, 5) is 0. The van der Waals surface area contributed by atoms with Crippen LogP contribution in [0.15, 0.2) is 4.47 Å². The van der Waals surface area contributed by atoms with Gasteiger partial charge in [-0.25, -0.2) is 0 Å². The van der Waals surface area contributed by atoms with Crippen molar-refractivity contribution in [1.29, 1.82) is 0 Å². The Balaban J connectivity index is 2.98. The number of aromatic nitrogens is 2. The maximum atomic E-state index is 5.95. The van der Waals surface area contributed by atoms with Crippen LogP contribution in [0.5, 0.6) is 0 Å². The molecule has 0 N–H and O–H groups in total. The van der Waals surface area contributed by atoms with E-state index in [0.29, 0.717) is 5.15 Å². The number of halogens is 2. The van der Waals surface area contributed by atoms with Crippen LogP contribution in [0.3, 0.4) is 0 Å². The van der Waals surface area contributed by atoms with Crippen LogP contribution in [0.2, 0.25) is 5.15 Å². The molecule has 0 radical (unpaired) electrons. The van der Waals surface area contributed by atoms with Gasteiger partial charge in [-0.1, -0.05) is 18.5 Å². The maximum absolute atomic E-state index is 5.95. The topological polar surface area (TPSA) is 17.8 Å². The van der Waals surface area contributed by atoms with Crippen LogP contribution in [0, 0.1) is 6.92 Å². The molecule has 1 rings (SSSR count). The Bertz CT molecular complexity index is 257. The van der Waals surface area contributed by atoms with Crippen LogP contribution in [0.25, 0.3) is 0 Å². The van der Waals surface area contributed by atoms with Crippen LogP contribution >= 0.6 is 27.5 Å². The van der Waals surface area contributed by atoms with Gasteiger partial charge in [-0.05, 0) is 29.3 Å². The van der Waals surface area contributed by atoms with E-state index < -0.39 is 0 Å². The fraction of sp³-hybridized carbons (Fsp3) is 0.571. The van der Waals surface area contributed by atoms with E-state index in [9.17, 15) is 0 Å². The zero-order chi connectivity index (χ0) is 8.43. The van der Waals surface area contributed by atoms with E-state index in [4.69, 9.17) is 11.6 Å². The monoisotopic (exact) mass is 236 g/mol. The van der Waals surface area contributed by atoms with Gasteiger partial charge in [0.15, 0.2) is 0 Å². The first kappa shape index (κ1) is 9.07. The molecule has 0 spiro atoms. The minimum atomic E-state index is 0.698. The van der Waals surface area contributed by atoms with Gasteiger partial charge >= 0.3 is 0 Å². The molecular weight excluding hydrogens is 227 g/mol. The predicted octanol–water partition coefficient (Wildman–Crippen LogP) is 3.02. The third-order valence-corrected chi connectivity index (χ3v) is 2.99. The van der Waals surface area contributed by atoms with E-state index >= 15 is 0 Å². The summed E-state index contributed by atoms with van der Waals surface area (Å²) < 4.78 is 2.72. The van der Waals surface area contributed by atoms with Crippen LogP contribution in [-0.4, -0.2) is 9.78 Å². The predicted molar refractivity (Wildman–Crippen MR) is 50.0 cm³/mol. The Morgan fingerprint density at radius 2 is 2.27 bits per heavy atom. The quantitative estimate of drug-likeness (QED) is 0.773. The molecule has 4 heteroatoms. The summed E-state index contributed by atoms with van der Waals surface area (Å²) in [5, 5.41) is 4.94. The lowest BCUT2D eigenvalue weighted by Gasteiger charge is -1.97. The molecule has 0 amide bonds. The number of nitrogens with zero attached hydrogens (tertiary/aromatic N) is 2. The molecule has 0 aliphatic heterocycles. The largest absolute Gasteiger partial charge is 0.253 e. The van der Waals surface area contributed by atoms with Gasteiger partial charge in [0.25, 0.3) is 0 Å². The van der Waals surface area contributed by atoms with Crippen molar-refractivity contribution < 1.29 is 0 Å². The second-order valence-electron chi connectivity index (χ2n) is 2.41. The summed E-state index contributed by atoms with van der Waals surface area (Å²) in [5.41, 5.74) is 0.948.